The van der Waals surface area contributed by atoms with Gasteiger partial charge in [0.25, 0.3) is 0 Å². The van der Waals surface area contributed by atoms with Crippen LogP contribution in [0.5, 0.6) is 5.75 Å². The lowest BCUT2D eigenvalue weighted by molar-refractivity contribution is -0.152. The molecule has 0 saturated carbocycles. The van der Waals surface area contributed by atoms with Gasteiger partial charge < -0.3 is 19.5 Å². The zero-order valence-electron chi connectivity index (χ0n) is 20.3. The number of ether oxygens (including phenoxy) is 2. The number of carbonyl (C=O) groups excluding carboxylic acids is 1. The fraction of sp³-hybridized carbons (Fsp3) is 0.481. The van der Waals surface area contributed by atoms with E-state index in [0.29, 0.717) is 18.8 Å². The van der Waals surface area contributed by atoms with Crippen LogP contribution in [-0.4, -0.2) is 40.8 Å². The van der Waals surface area contributed by atoms with Gasteiger partial charge in [0.05, 0.1) is 0 Å². The SMILES string of the molecule is CC(C)(Oc1cccc(C2CCCN(C(=O)OCc3ccc(C(C)(C)C)cc3)C2)c1)C(=O)O. The summed E-state index contributed by atoms with van der Waals surface area (Å²) >= 11 is 0. The van der Waals surface area contributed by atoms with Gasteiger partial charge in [-0.1, -0.05) is 57.2 Å². The fourth-order valence-electron chi connectivity index (χ4n) is 3.92. The molecule has 1 atom stereocenters. The molecule has 1 aliphatic rings. The van der Waals surface area contributed by atoms with Crippen LogP contribution >= 0.6 is 0 Å². The van der Waals surface area contributed by atoms with E-state index in [1.165, 1.54) is 19.4 Å². The maximum absolute atomic E-state index is 12.7. The number of carboxylic acids is 1. The molecule has 1 N–H and O–H groups in total. The van der Waals surface area contributed by atoms with E-state index in [1.54, 1.807) is 11.0 Å². The third-order valence-corrected chi connectivity index (χ3v) is 6.08. The molecule has 0 spiro atoms. The highest BCUT2D eigenvalue weighted by Gasteiger charge is 2.30. The van der Waals surface area contributed by atoms with Crippen molar-refractivity contribution in [1.29, 1.82) is 0 Å². The molecule has 0 aromatic heterocycles. The van der Waals surface area contributed by atoms with Crippen molar-refractivity contribution in [1.82, 2.24) is 4.90 Å². The van der Waals surface area contributed by atoms with Crippen molar-refractivity contribution in [2.45, 2.75) is 71.0 Å². The van der Waals surface area contributed by atoms with E-state index in [4.69, 9.17) is 9.47 Å². The van der Waals surface area contributed by atoms with Crippen molar-refractivity contribution < 1.29 is 24.2 Å². The Bertz CT molecular complexity index is 975. The molecule has 1 heterocycles. The van der Waals surface area contributed by atoms with Crippen LogP contribution in [0.25, 0.3) is 0 Å². The average Bonchev–Trinajstić information content (AvgIpc) is 2.77. The Morgan fingerprint density at radius 2 is 1.76 bits per heavy atom. The van der Waals surface area contributed by atoms with Gasteiger partial charge in [-0.3, -0.25) is 0 Å². The van der Waals surface area contributed by atoms with Gasteiger partial charge in [0, 0.05) is 19.0 Å². The molecule has 2 aromatic carbocycles. The highest BCUT2D eigenvalue weighted by atomic mass is 16.6. The van der Waals surface area contributed by atoms with E-state index in [2.05, 4.69) is 32.9 Å². The highest BCUT2D eigenvalue weighted by molar-refractivity contribution is 5.76. The first kappa shape index (κ1) is 24.6. The van der Waals surface area contributed by atoms with E-state index in [0.717, 1.165) is 24.0 Å². The van der Waals surface area contributed by atoms with Crippen LogP contribution in [0.1, 0.15) is 70.1 Å². The number of amides is 1. The Morgan fingerprint density at radius 1 is 1.06 bits per heavy atom. The van der Waals surface area contributed by atoms with Crippen LogP contribution in [0.3, 0.4) is 0 Å². The van der Waals surface area contributed by atoms with Crippen molar-refractivity contribution in [2.75, 3.05) is 13.1 Å². The lowest BCUT2D eigenvalue weighted by Crippen LogP contribution is -2.39. The monoisotopic (exact) mass is 453 g/mol. The number of hydrogen-bond acceptors (Lipinski definition) is 4. The summed E-state index contributed by atoms with van der Waals surface area (Å²) < 4.78 is 11.3. The van der Waals surface area contributed by atoms with Gasteiger partial charge >= 0.3 is 12.1 Å². The predicted octanol–water partition coefficient (Wildman–Crippen LogP) is 5.74. The molecule has 1 unspecified atom stereocenters. The predicted molar refractivity (Wildman–Crippen MR) is 128 cm³/mol. The number of aliphatic carboxylic acids is 1. The van der Waals surface area contributed by atoms with Crippen LogP contribution in [0.4, 0.5) is 4.79 Å². The summed E-state index contributed by atoms with van der Waals surface area (Å²) in [6, 6.07) is 15.7. The van der Waals surface area contributed by atoms with Gasteiger partial charge in [-0.25, -0.2) is 9.59 Å². The molecule has 0 aliphatic carbocycles. The zero-order valence-corrected chi connectivity index (χ0v) is 20.3. The molecule has 1 fully saturated rings. The quantitative estimate of drug-likeness (QED) is 0.603. The summed E-state index contributed by atoms with van der Waals surface area (Å²) in [6.07, 6.45) is 1.52. The molecular weight excluding hydrogens is 418 g/mol. The lowest BCUT2D eigenvalue weighted by Gasteiger charge is -2.32. The molecule has 1 amide bonds. The molecule has 2 aromatic rings. The zero-order chi connectivity index (χ0) is 24.2. The molecule has 6 heteroatoms. The molecule has 0 bridgehead atoms. The van der Waals surface area contributed by atoms with Crippen LogP contribution in [0, 0.1) is 0 Å². The van der Waals surface area contributed by atoms with Gasteiger partial charge in [0.1, 0.15) is 12.4 Å². The van der Waals surface area contributed by atoms with Crippen molar-refractivity contribution in [3.05, 3.63) is 65.2 Å². The topological polar surface area (TPSA) is 76.1 Å². The first-order chi connectivity index (χ1) is 15.5. The van der Waals surface area contributed by atoms with Crippen LogP contribution < -0.4 is 4.74 Å². The molecule has 3 rings (SSSR count). The van der Waals surface area contributed by atoms with Gasteiger partial charge in [-0.15, -0.1) is 0 Å². The molecular formula is C27H35NO5. The first-order valence-electron chi connectivity index (χ1n) is 11.5. The van der Waals surface area contributed by atoms with E-state index >= 15 is 0 Å². The van der Waals surface area contributed by atoms with Crippen molar-refractivity contribution in [3.63, 3.8) is 0 Å². The van der Waals surface area contributed by atoms with Gasteiger partial charge in [-0.05, 0) is 60.9 Å². The Morgan fingerprint density at radius 3 is 2.39 bits per heavy atom. The van der Waals surface area contributed by atoms with Gasteiger partial charge in [0.15, 0.2) is 5.60 Å². The van der Waals surface area contributed by atoms with E-state index in [9.17, 15) is 14.7 Å². The minimum absolute atomic E-state index is 0.0870. The number of rotatable bonds is 6. The van der Waals surface area contributed by atoms with Crippen molar-refractivity contribution in [2.24, 2.45) is 0 Å². The number of nitrogens with zero attached hydrogens (tertiary/aromatic N) is 1. The highest BCUT2D eigenvalue weighted by Crippen LogP contribution is 2.31. The fourth-order valence-corrected chi connectivity index (χ4v) is 3.92. The Hall–Kier alpha value is -3.02. The standard InChI is InChI=1S/C27H35NO5/c1-26(2,3)22-13-11-19(12-14-22)18-32-25(31)28-15-7-9-21(17-28)20-8-6-10-23(16-20)33-27(4,5)24(29)30/h6,8,10-14,16,21H,7,9,15,17-18H2,1-5H3,(H,29,30). The average molecular weight is 454 g/mol. The Labute approximate surface area is 196 Å². The minimum atomic E-state index is -1.31. The number of hydrogen-bond donors (Lipinski definition) is 1. The Balaban J connectivity index is 1.59. The molecule has 178 valence electrons. The van der Waals surface area contributed by atoms with Crippen molar-refractivity contribution in [3.8, 4) is 5.75 Å². The normalized spacial score (nSPS) is 16.9. The maximum atomic E-state index is 12.7. The summed E-state index contributed by atoms with van der Waals surface area (Å²) in [6.45, 7) is 11.0. The maximum Gasteiger partial charge on any atom is 0.410 e. The number of likely N-dealkylation sites (tertiary alicyclic amines) is 1. The minimum Gasteiger partial charge on any atom is -0.478 e. The largest absolute Gasteiger partial charge is 0.478 e. The Kier molecular flexibility index (Phi) is 7.35. The summed E-state index contributed by atoms with van der Waals surface area (Å²) in [4.78, 5) is 25.8. The van der Waals surface area contributed by atoms with Gasteiger partial charge in [-0.2, -0.15) is 0 Å². The van der Waals surface area contributed by atoms with E-state index < -0.39 is 11.6 Å². The molecule has 33 heavy (non-hydrogen) atoms. The molecule has 0 radical (unpaired) electrons. The number of benzene rings is 2. The number of piperidine rings is 1. The van der Waals surface area contributed by atoms with E-state index in [-0.39, 0.29) is 24.0 Å². The first-order valence-corrected chi connectivity index (χ1v) is 11.5. The van der Waals surface area contributed by atoms with E-state index in [1.807, 2.05) is 30.3 Å². The third-order valence-electron chi connectivity index (χ3n) is 6.08. The second kappa shape index (κ2) is 9.86. The number of carbonyl (C=O) groups is 2. The van der Waals surface area contributed by atoms with Crippen molar-refractivity contribution >= 4 is 12.1 Å². The summed E-state index contributed by atoms with van der Waals surface area (Å²) in [5.41, 5.74) is 2.02. The summed E-state index contributed by atoms with van der Waals surface area (Å²) in [7, 11) is 0. The summed E-state index contributed by atoms with van der Waals surface area (Å²) in [5.74, 6) is -0.361. The molecule has 1 saturated heterocycles. The van der Waals surface area contributed by atoms with Crippen LogP contribution in [0.15, 0.2) is 48.5 Å². The summed E-state index contributed by atoms with van der Waals surface area (Å²) in [5, 5.41) is 9.32. The lowest BCUT2D eigenvalue weighted by atomic mass is 9.87. The smallest absolute Gasteiger partial charge is 0.410 e. The third kappa shape index (κ3) is 6.50. The second-order valence-corrected chi connectivity index (χ2v) is 10.3. The molecule has 6 nitrogen and oxygen atoms in total. The van der Waals surface area contributed by atoms with Crippen LogP contribution in [-0.2, 0) is 21.6 Å². The van der Waals surface area contributed by atoms with Gasteiger partial charge in [0.2, 0.25) is 0 Å². The molecule has 1 aliphatic heterocycles. The van der Waals surface area contributed by atoms with Crippen LogP contribution in [0.2, 0.25) is 0 Å². The number of carboxylic acid groups (broad SMARTS) is 1. The second-order valence-electron chi connectivity index (χ2n) is 10.3.